The number of carbonyl (C=O) groups excluding carboxylic acids is 1. The van der Waals surface area contributed by atoms with Gasteiger partial charge in [-0.05, 0) is 67.3 Å². The van der Waals surface area contributed by atoms with Crippen LogP contribution in [0.2, 0.25) is 0 Å². The van der Waals surface area contributed by atoms with Gasteiger partial charge >= 0.3 is 0 Å². The fourth-order valence-corrected chi connectivity index (χ4v) is 3.85. The zero-order valence-electron chi connectivity index (χ0n) is 19.2. The van der Waals surface area contributed by atoms with E-state index in [-0.39, 0.29) is 17.3 Å². The Kier molecular flexibility index (Phi) is 5.30. The smallest absolute Gasteiger partial charge is 0.261 e. The first kappa shape index (κ1) is 21.3. The van der Waals surface area contributed by atoms with E-state index in [1.54, 1.807) is 6.21 Å². The van der Waals surface area contributed by atoms with Crippen LogP contribution in [0.1, 0.15) is 32.6 Å². The largest absolute Gasteiger partial charge is 0.383 e. The predicted octanol–water partition coefficient (Wildman–Crippen LogP) is 5.23. The Hall–Kier alpha value is -4.52. The van der Waals surface area contributed by atoms with E-state index < -0.39 is 0 Å². The van der Waals surface area contributed by atoms with Crippen molar-refractivity contribution in [3.8, 4) is 0 Å². The van der Waals surface area contributed by atoms with Gasteiger partial charge in [-0.3, -0.25) is 4.79 Å². The number of benzene rings is 3. The molecule has 7 nitrogen and oxygen atoms in total. The van der Waals surface area contributed by atoms with Crippen molar-refractivity contribution in [2.75, 3.05) is 11.1 Å². The molecule has 0 aliphatic rings. The van der Waals surface area contributed by atoms with E-state index in [1.165, 1.54) is 4.68 Å². The van der Waals surface area contributed by atoms with Gasteiger partial charge in [0, 0.05) is 5.69 Å². The summed E-state index contributed by atoms with van der Waals surface area (Å²) in [6.45, 7) is 6.04. The van der Waals surface area contributed by atoms with Crippen molar-refractivity contribution in [3.05, 3.63) is 94.5 Å². The van der Waals surface area contributed by atoms with Crippen LogP contribution in [-0.4, -0.2) is 26.8 Å². The molecule has 0 saturated heterocycles. The number of nitrogens with one attached hydrogen (secondary N) is 1. The van der Waals surface area contributed by atoms with Gasteiger partial charge in [-0.2, -0.15) is 9.78 Å². The molecule has 0 aliphatic carbocycles. The van der Waals surface area contributed by atoms with Crippen molar-refractivity contribution in [1.82, 2.24) is 14.6 Å². The Bertz CT molecular complexity index is 1600. The second-order valence-electron chi connectivity index (χ2n) is 8.31. The first-order valence-corrected chi connectivity index (χ1v) is 11.0. The molecule has 0 radical (unpaired) electrons. The summed E-state index contributed by atoms with van der Waals surface area (Å²) >= 11 is 0. The molecule has 5 rings (SSSR count). The minimum absolute atomic E-state index is 0.177. The van der Waals surface area contributed by atoms with Crippen LogP contribution in [0, 0.1) is 20.8 Å². The summed E-state index contributed by atoms with van der Waals surface area (Å²) in [5.41, 5.74) is 13.9. The number of nitrogens with two attached hydrogens (primary N) is 1. The van der Waals surface area contributed by atoms with Crippen LogP contribution < -0.4 is 11.1 Å². The predicted molar refractivity (Wildman–Crippen MR) is 137 cm³/mol. The third-order valence-electron chi connectivity index (χ3n) is 5.97. The molecule has 0 bridgehead atoms. The highest BCUT2D eigenvalue weighted by Gasteiger charge is 2.24. The van der Waals surface area contributed by atoms with Crippen LogP contribution >= 0.6 is 0 Å². The Labute approximate surface area is 197 Å². The number of nitrogen functional groups attached to an aromatic ring is 1. The van der Waals surface area contributed by atoms with E-state index in [0.717, 1.165) is 22.3 Å². The molecule has 0 spiro atoms. The van der Waals surface area contributed by atoms with Gasteiger partial charge in [0.2, 0.25) is 0 Å². The van der Waals surface area contributed by atoms with Crippen molar-refractivity contribution in [2.24, 2.45) is 5.10 Å². The SMILES string of the molecule is Cc1ccc(NC(=O)c2c(N)n(/N=C\c3ccccc3C)c3nc4ccccc4nc23)cc1C. The number of hydrogen-bond donors (Lipinski definition) is 2. The van der Waals surface area contributed by atoms with Crippen LogP contribution in [0.5, 0.6) is 0 Å². The summed E-state index contributed by atoms with van der Waals surface area (Å²) in [5, 5.41) is 7.54. The monoisotopic (exact) mass is 448 g/mol. The van der Waals surface area contributed by atoms with Gasteiger partial charge < -0.3 is 11.1 Å². The van der Waals surface area contributed by atoms with E-state index in [2.05, 4.69) is 10.4 Å². The van der Waals surface area contributed by atoms with Crippen LogP contribution in [-0.2, 0) is 0 Å². The molecule has 168 valence electrons. The van der Waals surface area contributed by atoms with E-state index in [4.69, 9.17) is 15.7 Å². The van der Waals surface area contributed by atoms with Crippen molar-refractivity contribution in [3.63, 3.8) is 0 Å². The van der Waals surface area contributed by atoms with Crippen LogP contribution in [0.4, 0.5) is 11.5 Å². The molecule has 7 heteroatoms. The quantitative estimate of drug-likeness (QED) is 0.368. The molecule has 0 aliphatic heterocycles. The molecule has 2 heterocycles. The number of para-hydroxylation sites is 2. The zero-order chi connectivity index (χ0) is 23.8. The Balaban J connectivity index is 1.66. The lowest BCUT2D eigenvalue weighted by Gasteiger charge is -2.08. The van der Waals surface area contributed by atoms with Crippen LogP contribution in [0.15, 0.2) is 71.8 Å². The first-order chi connectivity index (χ1) is 16.4. The van der Waals surface area contributed by atoms with Crippen LogP contribution in [0.3, 0.4) is 0 Å². The lowest BCUT2D eigenvalue weighted by Crippen LogP contribution is -2.14. The summed E-state index contributed by atoms with van der Waals surface area (Å²) in [4.78, 5) is 22.9. The lowest BCUT2D eigenvalue weighted by molar-refractivity contribution is 0.102. The molecule has 34 heavy (non-hydrogen) atoms. The van der Waals surface area contributed by atoms with Crippen molar-refractivity contribution >= 4 is 45.8 Å². The highest BCUT2D eigenvalue weighted by atomic mass is 16.1. The van der Waals surface area contributed by atoms with Gasteiger partial charge in [-0.25, -0.2) is 9.97 Å². The topological polar surface area (TPSA) is 98.2 Å². The van der Waals surface area contributed by atoms with Crippen molar-refractivity contribution < 1.29 is 4.79 Å². The summed E-state index contributed by atoms with van der Waals surface area (Å²) in [6, 6.07) is 21.2. The number of fused-ring (bicyclic) bond motifs is 2. The molecule has 3 aromatic carbocycles. The molecule has 0 unspecified atom stereocenters. The molecule has 2 aromatic heterocycles. The molecule has 3 N–H and O–H groups in total. The van der Waals surface area contributed by atoms with Gasteiger partial charge in [0.15, 0.2) is 5.65 Å². The number of nitrogens with zero attached hydrogens (tertiary/aromatic N) is 4. The summed E-state index contributed by atoms with van der Waals surface area (Å²) in [5.74, 6) is -0.184. The van der Waals surface area contributed by atoms with Gasteiger partial charge in [0.05, 0.1) is 17.2 Å². The number of hydrogen-bond acceptors (Lipinski definition) is 5. The molecular formula is C27H24N6O. The number of amides is 1. The van der Waals surface area contributed by atoms with Crippen LogP contribution in [0.25, 0.3) is 22.2 Å². The summed E-state index contributed by atoms with van der Waals surface area (Å²) < 4.78 is 1.48. The summed E-state index contributed by atoms with van der Waals surface area (Å²) in [6.07, 6.45) is 1.72. The van der Waals surface area contributed by atoms with E-state index >= 15 is 0 Å². The highest BCUT2D eigenvalue weighted by molar-refractivity contribution is 6.16. The lowest BCUT2D eigenvalue weighted by atomic mass is 10.1. The molecule has 0 saturated carbocycles. The fourth-order valence-electron chi connectivity index (χ4n) is 3.85. The van der Waals surface area contributed by atoms with Gasteiger partial charge in [0.25, 0.3) is 5.91 Å². The van der Waals surface area contributed by atoms with E-state index in [0.29, 0.717) is 27.9 Å². The fraction of sp³-hybridized carbons (Fsp3) is 0.111. The number of carbonyl (C=O) groups is 1. The number of rotatable bonds is 4. The second kappa shape index (κ2) is 8.44. The van der Waals surface area contributed by atoms with Gasteiger partial charge in [0.1, 0.15) is 16.9 Å². The Morgan fingerprint density at radius 1 is 0.912 bits per heavy atom. The minimum atomic E-state index is -0.361. The van der Waals surface area contributed by atoms with Gasteiger partial charge in [-0.15, -0.1) is 0 Å². The average Bonchev–Trinajstić information content (AvgIpc) is 3.09. The van der Waals surface area contributed by atoms with Crippen molar-refractivity contribution in [2.45, 2.75) is 20.8 Å². The molecule has 0 fully saturated rings. The first-order valence-electron chi connectivity index (χ1n) is 11.0. The average molecular weight is 449 g/mol. The van der Waals surface area contributed by atoms with Crippen molar-refractivity contribution in [1.29, 1.82) is 0 Å². The molecular weight excluding hydrogens is 424 g/mol. The highest BCUT2D eigenvalue weighted by Crippen LogP contribution is 2.29. The third-order valence-corrected chi connectivity index (χ3v) is 5.97. The maximum absolute atomic E-state index is 13.4. The third kappa shape index (κ3) is 3.77. The maximum Gasteiger partial charge on any atom is 0.261 e. The standard InChI is InChI=1S/C27H24N6O/c1-16-12-13-20(14-18(16)3)30-27(34)23-24-26(32-22-11-7-6-10-21(22)31-24)33(25(23)28)29-15-19-9-5-4-8-17(19)2/h4-15H,28H2,1-3H3,(H,30,34)/b29-15-. The normalized spacial score (nSPS) is 11.5. The number of anilines is 2. The Morgan fingerprint density at radius 2 is 1.62 bits per heavy atom. The minimum Gasteiger partial charge on any atom is -0.383 e. The number of aryl methyl sites for hydroxylation is 3. The second-order valence-corrected chi connectivity index (χ2v) is 8.31. The summed E-state index contributed by atoms with van der Waals surface area (Å²) in [7, 11) is 0. The molecule has 1 amide bonds. The number of aromatic nitrogens is 3. The molecule has 5 aromatic rings. The maximum atomic E-state index is 13.4. The Morgan fingerprint density at radius 3 is 2.35 bits per heavy atom. The zero-order valence-corrected chi connectivity index (χ0v) is 19.2. The molecule has 0 atom stereocenters. The van der Waals surface area contributed by atoms with E-state index in [9.17, 15) is 4.79 Å². The van der Waals surface area contributed by atoms with E-state index in [1.807, 2.05) is 87.5 Å². The van der Waals surface area contributed by atoms with Gasteiger partial charge in [-0.1, -0.05) is 42.5 Å².